The van der Waals surface area contributed by atoms with Gasteiger partial charge in [0.25, 0.3) is 0 Å². The summed E-state index contributed by atoms with van der Waals surface area (Å²) in [5.74, 6) is 0. The monoisotopic (exact) mass is 170 g/mol. The molecule has 0 aliphatic rings. The van der Waals surface area contributed by atoms with E-state index in [0.29, 0.717) is 0 Å². The highest BCUT2D eigenvalue weighted by molar-refractivity contribution is 4.98. The normalized spacial score (nSPS) is 14.0. The second kappa shape index (κ2) is 7.07. The van der Waals surface area contributed by atoms with Gasteiger partial charge in [-0.2, -0.15) is 0 Å². The lowest BCUT2D eigenvalue weighted by molar-refractivity contribution is -0.106. The molecule has 1 unspecified atom stereocenters. The van der Waals surface area contributed by atoms with Gasteiger partial charge >= 0.3 is 0 Å². The van der Waals surface area contributed by atoms with E-state index in [9.17, 15) is 5.11 Å². The molecule has 0 aromatic heterocycles. The van der Waals surface area contributed by atoms with Crippen molar-refractivity contribution in [3.63, 3.8) is 0 Å². The van der Waals surface area contributed by atoms with Gasteiger partial charge < -0.3 is 9.84 Å². The zero-order chi connectivity index (χ0) is 9.40. The number of ether oxygens (including phenoxy) is 1. The minimum Gasteiger partial charge on any atom is -0.365 e. The Hall–Kier alpha value is -0.600. The van der Waals surface area contributed by atoms with E-state index in [1.807, 2.05) is 13.8 Å². The molecule has 0 aliphatic heterocycles. The summed E-state index contributed by atoms with van der Waals surface area (Å²) in [6.07, 6.45) is 6.06. The van der Waals surface area contributed by atoms with E-state index < -0.39 is 6.29 Å². The van der Waals surface area contributed by atoms with Crippen molar-refractivity contribution in [3.8, 4) is 0 Å². The molecule has 0 aliphatic carbocycles. The van der Waals surface area contributed by atoms with Crippen molar-refractivity contribution >= 4 is 0 Å². The van der Waals surface area contributed by atoms with Gasteiger partial charge in [0.2, 0.25) is 0 Å². The fourth-order valence-electron chi connectivity index (χ4n) is 0.897. The average Bonchev–Trinajstić information content (AvgIpc) is 2.10. The SMILES string of the molecule is C=C/C=C\C(O)OC(CC)CC. The Bertz CT molecular complexity index is 137. The summed E-state index contributed by atoms with van der Waals surface area (Å²) < 4.78 is 5.27. The van der Waals surface area contributed by atoms with Gasteiger partial charge in [-0.05, 0) is 18.9 Å². The van der Waals surface area contributed by atoms with Gasteiger partial charge in [-0.3, -0.25) is 0 Å². The van der Waals surface area contributed by atoms with Gasteiger partial charge in [0.15, 0.2) is 6.29 Å². The van der Waals surface area contributed by atoms with Crippen LogP contribution in [0.25, 0.3) is 0 Å². The Morgan fingerprint density at radius 1 is 1.42 bits per heavy atom. The Kier molecular flexibility index (Phi) is 6.72. The molecule has 12 heavy (non-hydrogen) atoms. The van der Waals surface area contributed by atoms with Crippen LogP contribution in [0.15, 0.2) is 24.8 Å². The van der Waals surface area contributed by atoms with Gasteiger partial charge in [-0.1, -0.05) is 32.6 Å². The summed E-state index contributed by atoms with van der Waals surface area (Å²) in [5.41, 5.74) is 0. The first-order valence-electron chi connectivity index (χ1n) is 4.37. The van der Waals surface area contributed by atoms with E-state index >= 15 is 0 Å². The van der Waals surface area contributed by atoms with Crippen molar-refractivity contribution in [2.75, 3.05) is 0 Å². The molecule has 0 fully saturated rings. The fourth-order valence-corrected chi connectivity index (χ4v) is 0.897. The molecular weight excluding hydrogens is 152 g/mol. The summed E-state index contributed by atoms with van der Waals surface area (Å²) in [6.45, 7) is 7.58. The van der Waals surface area contributed by atoms with Crippen LogP contribution >= 0.6 is 0 Å². The lowest BCUT2D eigenvalue weighted by Crippen LogP contribution is -2.18. The van der Waals surface area contributed by atoms with E-state index in [0.717, 1.165) is 12.8 Å². The number of rotatable bonds is 6. The van der Waals surface area contributed by atoms with Crippen molar-refractivity contribution in [1.29, 1.82) is 0 Å². The number of aliphatic hydroxyl groups excluding tert-OH is 1. The molecule has 0 radical (unpaired) electrons. The second-order valence-corrected chi connectivity index (χ2v) is 2.59. The van der Waals surface area contributed by atoms with Crippen molar-refractivity contribution in [2.24, 2.45) is 0 Å². The molecule has 70 valence electrons. The minimum absolute atomic E-state index is 0.148. The molecule has 1 atom stereocenters. The van der Waals surface area contributed by atoms with Crippen LogP contribution in [-0.2, 0) is 4.74 Å². The molecule has 1 N–H and O–H groups in total. The molecule has 0 rings (SSSR count). The van der Waals surface area contributed by atoms with Crippen LogP contribution in [0.3, 0.4) is 0 Å². The quantitative estimate of drug-likeness (QED) is 0.489. The third-order valence-corrected chi connectivity index (χ3v) is 1.65. The van der Waals surface area contributed by atoms with Crippen molar-refractivity contribution < 1.29 is 9.84 Å². The van der Waals surface area contributed by atoms with Gasteiger partial charge in [-0.15, -0.1) is 0 Å². The molecule has 0 heterocycles. The molecule has 0 aromatic carbocycles. The van der Waals surface area contributed by atoms with Gasteiger partial charge in [0, 0.05) is 0 Å². The number of allylic oxidation sites excluding steroid dienone is 2. The van der Waals surface area contributed by atoms with Crippen LogP contribution in [-0.4, -0.2) is 17.5 Å². The third-order valence-electron chi connectivity index (χ3n) is 1.65. The van der Waals surface area contributed by atoms with Crippen molar-refractivity contribution in [2.45, 2.75) is 39.1 Å². The van der Waals surface area contributed by atoms with Crippen molar-refractivity contribution in [1.82, 2.24) is 0 Å². The maximum Gasteiger partial charge on any atom is 0.174 e. The Labute approximate surface area is 74.6 Å². The first-order chi connectivity index (χ1) is 5.74. The molecule has 0 amide bonds. The lowest BCUT2D eigenvalue weighted by atomic mass is 10.2. The average molecular weight is 170 g/mol. The molecule has 0 bridgehead atoms. The predicted octanol–water partition coefficient (Wildman–Crippen LogP) is 2.25. The predicted molar refractivity (Wildman–Crippen MR) is 50.8 cm³/mol. The smallest absolute Gasteiger partial charge is 0.174 e. The van der Waals surface area contributed by atoms with E-state index in [2.05, 4.69) is 6.58 Å². The molecule has 2 heteroatoms. The molecule has 0 saturated carbocycles. The number of aliphatic hydroxyl groups is 1. The summed E-state index contributed by atoms with van der Waals surface area (Å²) >= 11 is 0. The molecule has 2 nitrogen and oxygen atoms in total. The first kappa shape index (κ1) is 11.4. The summed E-state index contributed by atoms with van der Waals surface area (Å²) in [7, 11) is 0. The zero-order valence-electron chi connectivity index (χ0n) is 7.86. The topological polar surface area (TPSA) is 29.5 Å². The van der Waals surface area contributed by atoms with Crippen LogP contribution in [0.2, 0.25) is 0 Å². The maximum absolute atomic E-state index is 9.26. The van der Waals surface area contributed by atoms with E-state index in [1.54, 1.807) is 18.2 Å². The first-order valence-corrected chi connectivity index (χ1v) is 4.37. The van der Waals surface area contributed by atoms with E-state index in [-0.39, 0.29) is 6.10 Å². The Balaban J connectivity index is 3.72. The highest BCUT2D eigenvalue weighted by Crippen LogP contribution is 2.05. The molecule has 0 aromatic rings. The van der Waals surface area contributed by atoms with Crippen LogP contribution in [0.4, 0.5) is 0 Å². The Morgan fingerprint density at radius 2 is 2.00 bits per heavy atom. The van der Waals surface area contributed by atoms with Crippen LogP contribution in [0.5, 0.6) is 0 Å². The Morgan fingerprint density at radius 3 is 2.42 bits per heavy atom. The van der Waals surface area contributed by atoms with Gasteiger partial charge in [0.1, 0.15) is 0 Å². The summed E-state index contributed by atoms with van der Waals surface area (Å²) in [6, 6.07) is 0. The van der Waals surface area contributed by atoms with Crippen LogP contribution < -0.4 is 0 Å². The summed E-state index contributed by atoms with van der Waals surface area (Å²) in [4.78, 5) is 0. The number of hydrogen-bond acceptors (Lipinski definition) is 2. The highest BCUT2D eigenvalue weighted by Gasteiger charge is 2.07. The third kappa shape index (κ3) is 5.10. The zero-order valence-corrected chi connectivity index (χ0v) is 7.86. The fraction of sp³-hybridized carbons (Fsp3) is 0.600. The van der Waals surface area contributed by atoms with Crippen LogP contribution in [0, 0.1) is 0 Å². The maximum atomic E-state index is 9.26. The van der Waals surface area contributed by atoms with Gasteiger partial charge in [0.05, 0.1) is 6.10 Å². The summed E-state index contributed by atoms with van der Waals surface area (Å²) in [5, 5.41) is 9.26. The van der Waals surface area contributed by atoms with E-state index in [4.69, 9.17) is 4.74 Å². The molecular formula is C10H18O2. The second-order valence-electron chi connectivity index (χ2n) is 2.59. The standard InChI is InChI=1S/C10H18O2/c1-4-7-8-10(11)12-9(5-2)6-3/h4,7-11H,1,5-6H2,2-3H3/b8-7-. The molecule has 0 spiro atoms. The lowest BCUT2D eigenvalue weighted by Gasteiger charge is -2.16. The number of hydrogen-bond donors (Lipinski definition) is 1. The highest BCUT2D eigenvalue weighted by atomic mass is 16.6. The van der Waals surface area contributed by atoms with E-state index in [1.165, 1.54) is 0 Å². The van der Waals surface area contributed by atoms with Crippen molar-refractivity contribution in [3.05, 3.63) is 24.8 Å². The van der Waals surface area contributed by atoms with Crippen LogP contribution in [0.1, 0.15) is 26.7 Å². The molecule has 0 saturated heterocycles. The van der Waals surface area contributed by atoms with Gasteiger partial charge in [-0.25, -0.2) is 0 Å². The minimum atomic E-state index is -0.798. The largest absolute Gasteiger partial charge is 0.365 e.